The van der Waals surface area contributed by atoms with Crippen LogP contribution in [0.2, 0.25) is 0 Å². The van der Waals surface area contributed by atoms with Gasteiger partial charge in [-0.25, -0.2) is 0 Å². The second kappa shape index (κ2) is 10.3. The van der Waals surface area contributed by atoms with Gasteiger partial charge in [-0.2, -0.15) is 0 Å². The monoisotopic (exact) mass is 322 g/mol. The molecular weight excluding hydrogens is 288 g/mol. The predicted octanol–water partition coefficient (Wildman–Crippen LogP) is 7.24. The molecule has 0 nitrogen and oxygen atoms in total. The van der Waals surface area contributed by atoms with E-state index in [0.717, 1.165) is 12.3 Å². The van der Waals surface area contributed by atoms with Crippen LogP contribution in [-0.2, 0) is 12.8 Å². The van der Waals surface area contributed by atoms with Crippen molar-refractivity contribution in [2.75, 3.05) is 0 Å². The molecule has 0 N–H and O–H groups in total. The summed E-state index contributed by atoms with van der Waals surface area (Å²) < 4.78 is 0. The second-order valence-corrected chi connectivity index (χ2v) is 7.11. The second-order valence-electron chi connectivity index (χ2n) is 7.11. The summed E-state index contributed by atoms with van der Waals surface area (Å²) in [6.07, 6.45) is 10.7. The molecule has 1 saturated carbocycles. The van der Waals surface area contributed by atoms with E-state index < -0.39 is 0 Å². The summed E-state index contributed by atoms with van der Waals surface area (Å²) in [6, 6.07) is 17.9. The molecule has 0 atom stereocenters. The average Bonchev–Trinajstić information content (AvgIpc) is 2.65. The molecular formula is C24H34. The van der Waals surface area contributed by atoms with E-state index in [2.05, 4.69) is 69.3 Å². The molecule has 0 aromatic heterocycles. The Bertz CT molecular complexity index is 573. The first-order valence-corrected chi connectivity index (χ1v) is 9.88. The van der Waals surface area contributed by atoms with Crippen molar-refractivity contribution >= 4 is 0 Å². The molecule has 1 aliphatic rings. The largest absolute Gasteiger partial charge is 0.0651 e. The highest BCUT2D eigenvalue weighted by Crippen LogP contribution is 2.32. The topological polar surface area (TPSA) is 0 Å². The zero-order chi connectivity index (χ0) is 17.2. The maximum absolute atomic E-state index is 2.34. The summed E-state index contributed by atoms with van der Waals surface area (Å²) >= 11 is 0. The van der Waals surface area contributed by atoms with Gasteiger partial charge in [-0.3, -0.25) is 0 Å². The number of hydrogen-bond acceptors (Lipinski definition) is 0. The first-order valence-electron chi connectivity index (χ1n) is 9.88. The fourth-order valence-electron chi connectivity index (χ4n) is 3.62. The van der Waals surface area contributed by atoms with E-state index in [4.69, 9.17) is 0 Å². The van der Waals surface area contributed by atoms with Crippen molar-refractivity contribution in [2.45, 2.75) is 78.1 Å². The molecule has 130 valence electrons. The summed E-state index contributed by atoms with van der Waals surface area (Å²) in [7, 11) is 0. The molecule has 0 saturated heterocycles. The molecule has 0 aliphatic heterocycles. The van der Waals surface area contributed by atoms with E-state index in [1.54, 1.807) is 5.56 Å². The van der Waals surface area contributed by atoms with Crippen LogP contribution in [0.15, 0.2) is 48.5 Å². The average molecular weight is 323 g/mol. The quantitative estimate of drug-likeness (QED) is 0.556. The molecule has 2 aromatic carbocycles. The summed E-state index contributed by atoms with van der Waals surface area (Å²) in [4.78, 5) is 0. The molecule has 2 aromatic rings. The Balaban J connectivity index is 0.000000185. The maximum Gasteiger partial charge on any atom is -0.0162 e. The number of hydrogen-bond donors (Lipinski definition) is 0. The summed E-state index contributed by atoms with van der Waals surface area (Å²) in [5, 5.41) is 0. The highest BCUT2D eigenvalue weighted by atomic mass is 14.2. The van der Waals surface area contributed by atoms with Crippen LogP contribution in [0.3, 0.4) is 0 Å². The van der Waals surface area contributed by atoms with Crippen molar-refractivity contribution in [3.8, 4) is 0 Å². The SMILES string of the molecule is CCCc1ccccc1C.CCc1ccc(C2CCCCC2)cc1. The van der Waals surface area contributed by atoms with Crippen LogP contribution in [0.4, 0.5) is 0 Å². The molecule has 24 heavy (non-hydrogen) atoms. The van der Waals surface area contributed by atoms with Crippen LogP contribution in [0.1, 0.15) is 80.5 Å². The van der Waals surface area contributed by atoms with Gasteiger partial charge < -0.3 is 0 Å². The lowest BCUT2D eigenvalue weighted by Gasteiger charge is -2.22. The van der Waals surface area contributed by atoms with Gasteiger partial charge in [0.1, 0.15) is 0 Å². The Morgan fingerprint density at radius 2 is 1.50 bits per heavy atom. The van der Waals surface area contributed by atoms with Crippen molar-refractivity contribution in [3.05, 3.63) is 70.8 Å². The van der Waals surface area contributed by atoms with Gasteiger partial charge >= 0.3 is 0 Å². The number of aryl methyl sites for hydroxylation is 3. The smallest absolute Gasteiger partial charge is 0.0162 e. The van der Waals surface area contributed by atoms with Gasteiger partial charge in [-0.1, -0.05) is 88.1 Å². The Morgan fingerprint density at radius 3 is 2.08 bits per heavy atom. The van der Waals surface area contributed by atoms with Crippen molar-refractivity contribution in [1.82, 2.24) is 0 Å². The zero-order valence-electron chi connectivity index (χ0n) is 15.9. The molecule has 0 unspecified atom stereocenters. The zero-order valence-corrected chi connectivity index (χ0v) is 15.9. The normalized spacial score (nSPS) is 14.8. The standard InChI is InChI=1S/C14H20.C10H14/c1-2-12-8-10-14(11-9-12)13-6-4-3-5-7-13;1-3-6-10-8-5-4-7-9(10)2/h8-11,13H,2-7H2,1H3;4-5,7-8H,3,6H2,1-2H3. The van der Waals surface area contributed by atoms with Crippen LogP contribution in [0, 0.1) is 6.92 Å². The van der Waals surface area contributed by atoms with Gasteiger partial charge in [0.25, 0.3) is 0 Å². The van der Waals surface area contributed by atoms with Gasteiger partial charge in [0.05, 0.1) is 0 Å². The van der Waals surface area contributed by atoms with Crippen LogP contribution < -0.4 is 0 Å². The molecule has 0 heterocycles. The van der Waals surface area contributed by atoms with Crippen molar-refractivity contribution in [2.24, 2.45) is 0 Å². The van der Waals surface area contributed by atoms with Gasteiger partial charge in [-0.15, -0.1) is 0 Å². The molecule has 0 bridgehead atoms. The highest BCUT2D eigenvalue weighted by Gasteiger charge is 2.14. The summed E-state index contributed by atoms with van der Waals surface area (Å²) in [6.45, 7) is 6.60. The first-order chi connectivity index (χ1) is 11.7. The molecule has 0 heteroatoms. The summed E-state index contributed by atoms with van der Waals surface area (Å²) in [5.41, 5.74) is 5.95. The van der Waals surface area contributed by atoms with Crippen molar-refractivity contribution in [1.29, 1.82) is 0 Å². The number of rotatable bonds is 4. The van der Waals surface area contributed by atoms with E-state index in [1.807, 2.05) is 0 Å². The van der Waals surface area contributed by atoms with E-state index in [9.17, 15) is 0 Å². The number of benzene rings is 2. The Kier molecular flexibility index (Phi) is 8.08. The summed E-state index contributed by atoms with van der Waals surface area (Å²) in [5.74, 6) is 0.856. The van der Waals surface area contributed by atoms with Crippen molar-refractivity contribution < 1.29 is 0 Å². The third kappa shape index (κ3) is 5.82. The fraction of sp³-hybridized carbons (Fsp3) is 0.500. The lowest BCUT2D eigenvalue weighted by molar-refractivity contribution is 0.443. The third-order valence-corrected chi connectivity index (χ3v) is 5.25. The third-order valence-electron chi connectivity index (χ3n) is 5.25. The molecule has 0 spiro atoms. The molecule has 0 radical (unpaired) electrons. The first kappa shape index (κ1) is 18.8. The van der Waals surface area contributed by atoms with Crippen LogP contribution in [-0.4, -0.2) is 0 Å². The van der Waals surface area contributed by atoms with E-state index in [-0.39, 0.29) is 0 Å². The Hall–Kier alpha value is -1.56. The van der Waals surface area contributed by atoms with E-state index in [1.165, 1.54) is 61.6 Å². The van der Waals surface area contributed by atoms with Gasteiger partial charge in [-0.05, 0) is 60.8 Å². The minimum atomic E-state index is 0.856. The fourth-order valence-corrected chi connectivity index (χ4v) is 3.62. The van der Waals surface area contributed by atoms with Gasteiger partial charge in [0, 0.05) is 0 Å². The highest BCUT2D eigenvalue weighted by molar-refractivity contribution is 5.26. The maximum atomic E-state index is 2.34. The van der Waals surface area contributed by atoms with Crippen LogP contribution in [0.5, 0.6) is 0 Å². The molecule has 0 amide bonds. The molecule has 1 fully saturated rings. The lowest BCUT2D eigenvalue weighted by atomic mass is 9.84. The minimum absolute atomic E-state index is 0.856. The van der Waals surface area contributed by atoms with Crippen molar-refractivity contribution in [3.63, 3.8) is 0 Å². The molecule has 3 rings (SSSR count). The van der Waals surface area contributed by atoms with Crippen LogP contribution in [0.25, 0.3) is 0 Å². The Morgan fingerprint density at radius 1 is 0.833 bits per heavy atom. The predicted molar refractivity (Wildman–Crippen MR) is 107 cm³/mol. The molecule has 1 aliphatic carbocycles. The lowest BCUT2D eigenvalue weighted by Crippen LogP contribution is -2.04. The van der Waals surface area contributed by atoms with Crippen LogP contribution >= 0.6 is 0 Å². The van der Waals surface area contributed by atoms with E-state index >= 15 is 0 Å². The minimum Gasteiger partial charge on any atom is -0.0651 e. The van der Waals surface area contributed by atoms with Gasteiger partial charge in [0.15, 0.2) is 0 Å². The van der Waals surface area contributed by atoms with Gasteiger partial charge in [0.2, 0.25) is 0 Å². The Labute approximate surface area is 149 Å². The van der Waals surface area contributed by atoms with E-state index in [0.29, 0.717) is 0 Å².